The number of ether oxygens (including phenoxy) is 3. The van der Waals surface area contributed by atoms with Crippen molar-refractivity contribution in [2.45, 2.75) is 57.6 Å². The number of rotatable bonds is 4. The van der Waals surface area contributed by atoms with Gasteiger partial charge in [0.05, 0.1) is 17.6 Å². The van der Waals surface area contributed by atoms with Gasteiger partial charge in [-0.2, -0.15) is 0 Å². The Hall–Kier alpha value is -1.33. The Morgan fingerprint density at radius 1 is 1.30 bits per heavy atom. The van der Waals surface area contributed by atoms with E-state index in [1.165, 1.54) is 0 Å². The number of esters is 1. The van der Waals surface area contributed by atoms with E-state index in [-0.39, 0.29) is 24.6 Å². The molecule has 2 fully saturated rings. The third kappa shape index (κ3) is 2.41. The Morgan fingerprint density at radius 3 is 2.52 bits per heavy atom. The monoisotopic (exact) mass is 314 g/mol. The summed E-state index contributed by atoms with van der Waals surface area (Å²) in [5.74, 6) is -0.714. The third-order valence-electron chi connectivity index (χ3n) is 5.42. The van der Waals surface area contributed by atoms with E-state index in [4.69, 9.17) is 22.1 Å². The molecular weight excluding hydrogens is 291 g/mol. The standard InChI is InChI=1S/C18H23BO4/c1-11-14-15(19)23-18(11,17(3,4)22-14)12(2)16(20)21-10-13-8-6-5-7-9-13/h5-9,11-12,14-15H,10H2,1-4H3/t11?,12-,14+,15-,18+/m1/s1. The highest BCUT2D eigenvalue weighted by Crippen LogP contribution is 2.57. The molecule has 2 bridgehead atoms. The molecule has 2 aliphatic rings. The molecule has 2 radical (unpaired) electrons. The molecule has 4 nitrogen and oxygen atoms in total. The molecule has 0 spiro atoms. The summed E-state index contributed by atoms with van der Waals surface area (Å²) in [6.07, 6.45) is -0.186. The first-order valence-electron chi connectivity index (χ1n) is 8.11. The van der Waals surface area contributed by atoms with E-state index in [9.17, 15) is 4.79 Å². The molecule has 0 aromatic heterocycles. The van der Waals surface area contributed by atoms with Gasteiger partial charge in [0.25, 0.3) is 0 Å². The second-order valence-corrected chi connectivity index (χ2v) is 7.07. The molecule has 23 heavy (non-hydrogen) atoms. The van der Waals surface area contributed by atoms with Crippen molar-refractivity contribution in [2.75, 3.05) is 0 Å². The molecule has 0 amide bonds. The predicted molar refractivity (Wildman–Crippen MR) is 86.9 cm³/mol. The first-order chi connectivity index (χ1) is 10.8. The fourth-order valence-corrected chi connectivity index (χ4v) is 4.27. The molecule has 1 aromatic carbocycles. The Morgan fingerprint density at radius 2 is 1.96 bits per heavy atom. The van der Waals surface area contributed by atoms with Gasteiger partial charge in [0, 0.05) is 11.9 Å². The van der Waals surface area contributed by atoms with Crippen LogP contribution in [-0.4, -0.2) is 37.1 Å². The van der Waals surface area contributed by atoms with Gasteiger partial charge >= 0.3 is 5.97 Å². The number of benzene rings is 1. The summed E-state index contributed by atoms with van der Waals surface area (Å²) in [6, 6.07) is 9.14. The Bertz CT molecular complexity index is 588. The van der Waals surface area contributed by atoms with Crippen LogP contribution >= 0.6 is 0 Å². The second-order valence-electron chi connectivity index (χ2n) is 7.07. The van der Waals surface area contributed by atoms with Crippen molar-refractivity contribution in [3.8, 4) is 0 Å². The molecule has 122 valence electrons. The first kappa shape index (κ1) is 16.5. The van der Waals surface area contributed by atoms with Crippen LogP contribution in [0.3, 0.4) is 0 Å². The Balaban J connectivity index is 1.76. The van der Waals surface area contributed by atoms with Crippen molar-refractivity contribution in [1.29, 1.82) is 0 Å². The van der Waals surface area contributed by atoms with Gasteiger partial charge in [-0.1, -0.05) is 37.3 Å². The van der Waals surface area contributed by atoms with Crippen LogP contribution in [0.2, 0.25) is 0 Å². The van der Waals surface area contributed by atoms with Gasteiger partial charge in [0.15, 0.2) is 0 Å². The molecule has 2 heterocycles. The van der Waals surface area contributed by atoms with Crippen molar-refractivity contribution in [3.05, 3.63) is 35.9 Å². The van der Waals surface area contributed by atoms with Crippen molar-refractivity contribution in [2.24, 2.45) is 11.8 Å². The number of hydrogen-bond acceptors (Lipinski definition) is 4. The lowest BCUT2D eigenvalue weighted by Gasteiger charge is -2.46. The van der Waals surface area contributed by atoms with Crippen LogP contribution in [0.4, 0.5) is 0 Å². The van der Waals surface area contributed by atoms with Crippen LogP contribution in [0, 0.1) is 11.8 Å². The highest BCUT2D eigenvalue weighted by Gasteiger charge is 2.70. The van der Waals surface area contributed by atoms with E-state index in [0.29, 0.717) is 0 Å². The predicted octanol–water partition coefficient (Wildman–Crippen LogP) is 2.44. The topological polar surface area (TPSA) is 44.8 Å². The van der Waals surface area contributed by atoms with Gasteiger partial charge in [0.2, 0.25) is 0 Å². The van der Waals surface area contributed by atoms with Crippen molar-refractivity contribution in [3.63, 3.8) is 0 Å². The van der Waals surface area contributed by atoms with E-state index in [2.05, 4.69) is 0 Å². The average Bonchev–Trinajstić information content (AvgIpc) is 2.89. The minimum Gasteiger partial charge on any atom is -0.461 e. The third-order valence-corrected chi connectivity index (χ3v) is 5.42. The molecular formula is C18H23BO4. The highest BCUT2D eigenvalue weighted by atomic mass is 16.6. The van der Waals surface area contributed by atoms with Crippen LogP contribution in [-0.2, 0) is 25.6 Å². The fourth-order valence-electron chi connectivity index (χ4n) is 4.27. The van der Waals surface area contributed by atoms with Crippen LogP contribution < -0.4 is 0 Å². The lowest BCUT2D eigenvalue weighted by atomic mass is 9.70. The first-order valence-corrected chi connectivity index (χ1v) is 8.11. The number of carbonyl (C=O) groups is 1. The van der Waals surface area contributed by atoms with E-state index in [0.717, 1.165) is 5.56 Å². The van der Waals surface area contributed by atoms with Crippen LogP contribution in [0.25, 0.3) is 0 Å². The Kier molecular flexibility index (Phi) is 4.05. The zero-order chi connectivity index (χ0) is 16.8. The van der Waals surface area contributed by atoms with Gasteiger partial charge in [0.1, 0.15) is 20.1 Å². The summed E-state index contributed by atoms with van der Waals surface area (Å²) in [7, 11) is 6.02. The zero-order valence-corrected chi connectivity index (χ0v) is 14.1. The van der Waals surface area contributed by atoms with E-state index in [1.807, 2.05) is 58.0 Å². The summed E-state index contributed by atoms with van der Waals surface area (Å²) >= 11 is 0. The molecule has 2 aliphatic heterocycles. The minimum atomic E-state index is -0.759. The van der Waals surface area contributed by atoms with Gasteiger partial charge < -0.3 is 14.2 Å². The second kappa shape index (κ2) is 5.64. The molecule has 5 heteroatoms. The molecule has 0 saturated carbocycles. The quantitative estimate of drug-likeness (QED) is 0.632. The van der Waals surface area contributed by atoms with Gasteiger partial charge in [-0.25, -0.2) is 0 Å². The van der Waals surface area contributed by atoms with Gasteiger partial charge in [-0.3, -0.25) is 4.79 Å². The molecule has 0 aliphatic carbocycles. The largest absolute Gasteiger partial charge is 0.461 e. The summed E-state index contributed by atoms with van der Waals surface area (Å²) in [4.78, 5) is 12.6. The number of fused-ring (bicyclic) bond motifs is 2. The van der Waals surface area contributed by atoms with Crippen LogP contribution in [0.1, 0.15) is 33.3 Å². The highest BCUT2D eigenvalue weighted by molar-refractivity contribution is 6.11. The van der Waals surface area contributed by atoms with Gasteiger partial charge in [-0.15, -0.1) is 0 Å². The Labute approximate surface area is 138 Å². The number of carbonyl (C=O) groups excluding carboxylic acids is 1. The molecule has 3 rings (SSSR count). The molecule has 1 unspecified atom stereocenters. The van der Waals surface area contributed by atoms with Crippen molar-refractivity contribution < 1.29 is 19.0 Å². The maximum Gasteiger partial charge on any atom is 0.312 e. The lowest BCUT2D eigenvalue weighted by Crippen LogP contribution is -2.59. The fraction of sp³-hybridized carbons (Fsp3) is 0.611. The van der Waals surface area contributed by atoms with Crippen molar-refractivity contribution >= 4 is 13.8 Å². The van der Waals surface area contributed by atoms with E-state index >= 15 is 0 Å². The summed E-state index contributed by atoms with van der Waals surface area (Å²) < 4.78 is 17.6. The van der Waals surface area contributed by atoms with Crippen LogP contribution in [0.5, 0.6) is 0 Å². The SMILES string of the molecule is [B][C@@H]1O[C@]2([C@H](C)C(=O)OCc3ccccc3)C(C)[C@@H]1OC2(C)C. The zero-order valence-electron chi connectivity index (χ0n) is 14.1. The van der Waals surface area contributed by atoms with E-state index < -0.39 is 23.1 Å². The summed E-state index contributed by atoms with van der Waals surface area (Å²) in [5, 5.41) is 0. The minimum absolute atomic E-state index is 0.0341. The van der Waals surface area contributed by atoms with Gasteiger partial charge in [-0.05, 0) is 26.3 Å². The number of hydrogen-bond donors (Lipinski definition) is 0. The van der Waals surface area contributed by atoms with Crippen molar-refractivity contribution in [1.82, 2.24) is 0 Å². The smallest absolute Gasteiger partial charge is 0.312 e. The lowest BCUT2D eigenvalue weighted by molar-refractivity contribution is -0.228. The summed E-state index contributed by atoms with van der Waals surface area (Å²) in [6.45, 7) is 8.04. The molecule has 5 atom stereocenters. The van der Waals surface area contributed by atoms with Crippen LogP contribution in [0.15, 0.2) is 30.3 Å². The maximum atomic E-state index is 12.6. The average molecular weight is 314 g/mol. The van der Waals surface area contributed by atoms with E-state index in [1.54, 1.807) is 0 Å². The molecule has 2 saturated heterocycles. The summed E-state index contributed by atoms with van der Waals surface area (Å²) in [5.41, 5.74) is -0.384. The molecule has 0 N–H and O–H groups in total. The normalized spacial score (nSPS) is 35.9. The molecule has 1 aromatic rings. The maximum absolute atomic E-state index is 12.6.